The Morgan fingerprint density at radius 1 is 1.00 bits per heavy atom. The minimum absolute atomic E-state index is 0. The standard InChI is InChI=1S/C14H23P.2ClH.Mg/c1-5-6-12-15(14(2,3)4)13-10-8-7-9-11-13;;;/h7-11H,5-6,12H2,1-4H3;2*1H;/q;;;+2/p-2. The summed E-state index contributed by atoms with van der Waals surface area (Å²) in [6.45, 7) is 9.41. The molecule has 0 saturated heterocycles. The van der Waals surface area contributed by atoms with Crippen LogP contribution < -0.4 is 30.1 Å². The molecular formula is C14H23Cl2MgP. The second-order valence-corrected chi connectivity index (χ2v) is 8.17. The first-order valence-electron chi connectivity index (χ1n) is 5.88. The van der Waals surface area contributed by atoms with Crippen molar-refractivity contribution in [1.29, 1.82) is 0 Å². The number of halogens is 2. The van der Waals surface area contributed by atoms with Gasteiger partial charge in [0, 0.05) is 0 Å². The van der Waals surface area contributed by atoms with E-state index in [1.165, 1.54) is 19.0 Å². The molecule has 0 aliphatic rings. The molecule has 0 fully saturated rings. The van der Waals surface area contributed by atoms with E-state index in [4.69, 9.17) is 0 Å². The molecule has 1 unspecified atom stereocenters. The van der Waals surface area contributed by atoms with Crippen LogP contribution in [0.25, 0.3) is 0 Å². The molecule has 1 rings (SSSR count). The van der Waals surface area contributed by atoms with Crippen LogP contribution in [-0.4, -0.2) is 34.4 Å². The van der Waals surface area contributed by atoms with Crippen LogP contribution in [0, 0.1) is 0 Å². The molecule has 0 aliphatic carbocycles. The molecule has 1 aromatic rings. The van der Waals surface area contributed by atoms with Crippen molar-refractivity contribution in [3.8, 4) is 0 Å². The molecule has 0 heterocycles. The molecule has 1 atom stereocenters. The third kappa shape index (κ3) is 8.22. The van der Waals surface area contributed by atoms with Gasteiger partial charge in [0.2, 0.25) is 0 Å². The Hall–Kier alpha value is 0.996. The minimum atomic E-state index is -0.00270. The maximum absolute atomic E-state index is 2.38. The molecule has 4 heteroatoms. The zero-order chi connectivity index (χ0) is 11.3. The zero-order valence-corrected chi connectivity index (χ0v) is 15.7. The van der Waals surface area contributed by atoms with Gasteiger partial charge < -0.3 is 24.8 Å². The van der Waals surface area contributed by atoms with Gasteiger partial charge in [-0.15, -0.1) is 0 Å². The molecule has 18 heavy (non-hydrogen) atoms. The molecule has 0 aliphatic heterocycles. The fraction of sp³-hybridized carbons (Fsp3) is 0.571. The van der Waals surface area contributed by atoms with E-state index < -0.39 is 0 Å². The van der Waals surface area contributed by atoms with Crippen LogP contribution in [0.15, 0.2) is 30.3 Å². The van der Waals surface area contributed by atoms with Gasteiger partial charge in [-0.25, -0.2) is 0 Å². The second kappa shape index (κ2) is 11.8. The molecular weight excluding hydrogens is 294 g/mol. The second-order valence-electron chi connectivity index (χ2n) is 5.01. The van der Waals surface area contributed by atoms with Crippen LogP contribution in [0.4, 0.5) is 0 Å². The Morgan fingerprint density at radius 3 is 1.89 bits per heavy atom. The van der Waals surface area contributed by atoms with Crippen LogP contribution in [0.3, 0.4) is 0 Å². The average Bonchev–Trinajstić information content (AvgIpc) is 2.18. The quantitative estimate of drug-likeness (QED) is 0.446. The summed E-state index contributed by atoms with van der Waals surface area (Å²) in [5.74, 6) is 0. The van der Waals surface area contributed by atoms with Crippen LogP contribution in [-0.2, 0) is 0 Å². The van der Waals surface area contributed by atoms with Gasteiger partial charge in [0.1, 0.15) is 0 Å². The third-order valence-corrected chi connectivity index (χ3v) is 5.92. The Bertz CT molecular complexity index is 286. The Labute approximate surface area is 142 Å². The first-order chi connectivity index (χ1) is 7.05. The van der Waals surface area contributed by atoms with Gasteiger partial charge in [0.25, 0.3) is 0 Å². The predicted molar refractivity (Wildman–Crippen MR) is 78.3 cm³/mol. The number of unbranched alkanes of at least 4 members (excludes halogenated alkanes) is 1. The van der Waals surface area contributed by atoms with Crippen molar-refractivity contribution in [2.75, 3.05) is 6.16 Å². The van der Waals surface area contributed by atoms with Crippen molar-refractivity contribution in [2.45, 2.75) is 45.7 Å². The summed E-state index contributed by atoms with van der Waals surface area (Å²) < 4.78 is 0. The Morgan fingerprint density at radius 2 is 1.50 bits per heavy atom. The van der Waals surface area contributed by atoms with Crippen LogP contribution >= 0.6 is 7.92 Å². The molecule has 0 saturated carbocycles. The van der Waals surface area contributed by atoms with Crippen LogP contribution in [0.5, 0.6) is 0 Å². The molecule has 0 N–H and O–H groups in total. The van der Waals surface area contributed by atoms with Gasteiger partial charge in [-0.3, -0.25) is 0 Å². The number of benzene rings is 1. The van der Waals surface area contributed by atoms with Gasteiger partial charge in [-0.2, -0.15) is 0 Å². The number of rotatable bonds is 4. The van der Waals surface area contributed by atoms with Crippen LogP contribution in [0.1, 0.15) is 40.5 Å². The van der Waals surface area contributed by atoms with E-state index in [9.17, 15) is 0 Å². The maximum atomic E-state index is 2.38. The summed E-state index contributed by atoms with van der Waals surface area (Å²) >= 11 is 0. The molecule has 1 aromatic carbocycles. The topological polar surface area (TPSA) is 0 Å². The van der Waals surface area contributed by atoms with Crippen molar-refractivity contribution < 1.29 is 24.8 Å². The predicted octanol–water partition coefficient (Wildman–Crippen LogP) is -1.98. The fourth-order valence-electron chi connectivity index (χ4n) is 1.78. The summed E-state index contributed by atoms with van der Waals surface area (Å²) in [7, 11) is -0.00270. The van der Waals surface area contributed by atoms with E-state index in [-0.39, 0.29) is 55.8 Å². The molecule has 0 aromatic heterocycles. The van der Waals surface area contributed by atoms with E-state index in [1.807, 2.05) is 0 Å². The fourth-order valence-corrected chi connectivity index (χ4v) is 4.64. The first-order valence-corrected chi connectivity index (χ1v) is 7.41. The van der Waals surface area contributed by atoms with Gasteiger partial charge in [-0.1, -0.05) is 72.4 Å². The molecule has 0 spiro atoms. The largest absolute Gasteiger partial charge is 2.00 e. The third-order valence-electron chi connectivity index (χ3n) is 2.61. The summed E-state index contributed by atoms with van der Waals surface area (Å²) in [5.41, 5.74) is 0. The van der Waals surface area contributed by atoms with Gasteiger partial charge >= 0.3 is 23.1 Å². The monoisotopic (exact) mass is 316 g/mol. The molecule has 0 bridgehead atoms. The van der Waals surface area contributed by atoms with E-state index >= 15 is 0 Å². The molecule has 0 radical (unpaired) electrons. The molecule has 100 valence electrons. The van der Waals surface area contributed by atoms with E-state index in [0.717, 1.165) is 0 Å². The van der Waals surface area contributed by atoms with E-state index in [1.54, 1.807) is 5.30 Å². The van der Waals surface area contributed by atoms with E-state index in [2.05, 4.69) is 58.0 Å². The van der Waals surface area contributed by atoms with Crippen molar-refractivity contribution in [1.82, 2.24) is 0 Å². The SMILES string of the molecule is CCCCP(c1ccccc1)C(C)(C)C.[Cl-].[Cl-].[Mg+2]. The summed E-state index contributed by atoms with van der Waals surface area (Å²) in [6.07, 6.45) is 4.04. The van der Waals surface area contributed by atoms with Crippen molar-refractivity contribution in [3.63, 3.8) is 0 Å². The zero-order valence-electron chi connectivity index (χ0n) is 11.9. The summed E-state index contributed by atoms with van der Waals surface area (Å²) in [6, 6.07) is 11.0. The molecule has 0 nitrogen and oxygen atoms in total. The smallest absolute Gasteiger partial charge is 1.00 e. The van der Waals surface area contributed by atoms with Crippen molar-refractivity contribution >= 4 is 36.3 Å². The first kappa shape index (κ1) is 24.0. The minimum Gasteiger partial charge on any atom is -1.00 e. The Kier molecular flexibility index (Phi) is 15.8. The van der Waals surface area contributed by atoms with Crippen molar-refractivity contribution in [3.05, 3.63) is 30.3 Å². The van der Waals surface area contributed by atoms with Gasteiger partial charge in [0.15, 0.2) is 0 Å². The van der Waals surface area contributed by atoms with Crippen molar-refractivity contribution in [2.24, 2.45) is 0 Å². The van der Waals surface area contributed by atoms with Gasteiger partial charge in [0.05, 0.1) is 0 Å². The number of hydrogen-bond acceptors (Lipinski definition) is 0. The normalized spacial score (nSPS) is 11.6. The average molecular weight is 318 g/mol. The summed E-state index contributed by atoms with van der Waals surface area (Å²) in [4.78, 5) is 0. The van der Waals surface area contributed by atoms with Crippen LogP contribution in [0.2, 0.25) is 0 Å². The maximum Gasteiger partial charge on any atom is 2.00 e. The van der Waals surface area contributed by atoms with Gasteiger partial charge in [-0.05, 0) is 23.0 Å². The number of hydrogen-bond donors (Lipinski definition) is 0. The Balaban J connectivity index is -0.000000750. The summed E-state index contributed by atoms with van der Waals surface area (Å²) in [5, 5.41) is 2.00. The van der Waals surface area contributed by atoms with E-state index in [0.29, 0.717) is 5.16 Å². The molecule has 0 amide bonds.